The van der Waals surface area contributed by atoms with E-state index in [1.807, 2.05) is 146 Å². The first-order valence-corrected chi connectivity index (χ1v) is 14.1. The van der Waals surface area contributed by atoms with Gasteiger partial charge >= 0.3 is 0 Å². The molecule has 0 aliphatic heterocycles. The number of aromatic nitrogens is 3. The minimum absolute atomic E-state index is 1.19. The largest absolute Gasteiger partial charge is 0.822 e. The van der Waals surface area contributed by atoms with Crippen molar-refractivity contribution in [1.82, 2.24) is 0 Å². The lowest BCUT2D eigenvalue weighted by Crippen LogP contribution is -2.28. The molecular formula is C33H30N3O4P. The molecule has 6 aromatic rings. The second kappa shape index (κ2) is 17.0. The van der Waals surface area contributed by atoms with Crippen LogP contribution in [0.4, 0.5) is 0 Å². The maximum Gasteiger partial charge on any atom is 0.210 e. The molecule has 0 radical (unpaired) electrons. The van der Waals surface area contributed by atoms with Crippen LogP contribution in [0.25, 0.3) is 17.1 Å². The molecule has 0 aliphatic rings. The average Bonchev–Trinajstić information content (AvgIpc) is 3.04. The Bertz CT molecular complexity index is 1260. The van der Waals surface area contributed by atoms with Crippen LogP contribution in [0.2, 0.25) is 0 Å². The monoisotopic (exact) mass is 563 g/mol. The van der Waals surface area contributed by atoms with Crippen LogP contribution >= 0.6 is 7.82 Å². The van der Waals surface area contributed by atoms with E-state index in [2.05, 4.69) is 50.1 Å². The molecule has 41 heavy (non-hydrogen) atoms. The van der Waals surface area contributed by atoms with Gasteiger partial charge in [-0.05, 0) is 0 Å². The molecule has 3 aromatic carbocycles. The van der Waals surface area contributed by atoms with Gasteiger partial charge in [-0.3, -0.25) is 0 Å². The first kappa shape index (κ1) is 30.8. The standard InChI is InChI=1S/3C11H10N.H3O4P/c3*1-3-7-11(8-4-1)12-9-5-2-6-10-12;1-5(2,3)4/h3*1-10H;(H3,1,2,3,4)/q3*+1;/p-3. The third-order valence-electron chi connectivity index (χ3n) is 5.31. The van der Waals surface area contributed by atoms with Crippen LogP contribution in [0.1, 0.15) is 0 Å². The highest BCUT2D eigenvalue weighted by Gasteiger charge is 2.01. The second-order valence-corrected chi connectivity index (χ2v) is 9.20. The van der Waals surface area contributed by atoms with Crippen molar-refractivity contribution in [1.29, 1.82) is 0 Å². The van der Waals surface area contributed by atoms with E-state index in [0.29, 0.717) is 0 Å². The number of hydrogen-bond donors (Lipinski definition) is 0. The molecule has 0 fully saturated rings. The van der Waals surface area contributed by atoms with Gasteiger partial charge in [0.15, 0.2) is 37.2 Å². The molecule has 206 valence electrons. The first-order chi connectivity index (χ1) is 19.9. The predicted octanol–water partition coefficient (Wildman–Crippen LogP) is 3.07. The number of rotatable bonds is 3. The van der Waals surface area contributed by atoms with Crippen LogP contribution in [0.15, 0.2) is 183 Å². The number of pyridine rings is 3. The Kier molecular flexibility index (Phi) is 12.8. The van der Waals surface area contributed by atoms with E-state index in [1.54, 1.807) is 0 Å². The van der Waals surface area contributed by atoms with E-state index in [9.17, 15) is 0 Å². The molecule has 7 nitrogen and oxygen atoms in total. The molecule has 3 aromatic heterocycles. The van der Waals surface area contributed by atoms with Crippen LogP contribution < -0.4 is 28.4 Å². The van der Waals surface area contributed by atoms with Gasteiger partial charge in [-0.1, -0.05) is 72.8 Å². The van der Waals surface area contributed by atoms with Gasteiger partial charge in [0.05, 0.1) is 0 Å². The molecule has 0 saturated carbocycles. The molecule has 0 spiro atoms. The minimum atomic E-state index is -5.39. The lowest BCUT2D eigenvalue weighted by Gasteiger charge is -2.36. The third kappa shape index (κ3) is 12.7. The molecular weight excluding hydrogens is 533 g/mol. The van der Waals surface area contributed by atoms with E-state index < -0.39 is 7.82 Å². The van der Waals surface area contributed by atoms with Gasteiger partial charge in [-0.25, -0.2) is 0 Å². The number of para-hydroxylation sites is 3. The first-order valence-electron chi connectivity index (χ1n) is 12.7. The Morgan fingerprint density at radius 2 is 0.512 bits per heavy atom. The maximum absolute atomic E-state index is 8.55. The van der Waals surface area contributed by atoms with Crippen LogP contribution in [-0.2, 0) is 4.57 Å². The fourth-order valence-electron chi connectivity index (χ4n) is 3.51. The Hall–Kier alpha value is -4.78. The number of nitrogens with zero attached hydrogens (tertiary/aromatic N) is 3. The molecule has 3 heterocycles. The Morgan fingerprint density at radius 3 is 0.707 bits per heavy atom. The Labute approximate surface area is 240 Å². The van der Waals surface area contributed by atoms with Crippen molar-refractivity contribution in [3.63, 3.8) is 0 Å². The van der Waals surface area contributed by atoms with Crippen molar-refractivity contribution in [2.75, 3.05) is 0 Å². The summed E-state index contributed by atoms with van der Waals surface area (Å²) in [5, 5.41) is 0. The lowest BCUT2D eigenvalue weighted by atomic mass is 10.3. The van der Waals surface area contributed by atoms with E-state index in [-0.39, 0.29) is 0 Å². The molecule has 8 heteroatoms. The summed E-state index contributed by atoms with van der Waals surface area (Å²) in [6.45, 7) is 0. The fraction of sp³-hybridized carbons (Fsp3) is 0. The number of hydrogen-bond acceptors (Lipinski definition) is 4. The zero-order valence-corrected chi connectivity index (χ0v) is 23.1. The maximum atomic E-state index is 8.55. The topological polar surface area (TPSA) is 97.9 Å². The Balaban J connectivity index is 0.000000157. The average molecular weight is 564 g/mol. The smallest absolute Gasteiger partial charge is 0.210 e. The zero-order chi connectivity index (χ0) is 29.2. The SMILES string of the molecule is O=P([O-])([O-])[O-].c1ccc(-[n+]2ccccc2)cc1.c1ccc(-[n+]2ccccc2)cc1.c1ccc(-[n+]2ccccc2)cc1. The third-order valence-corrected chi connectivity index (χ3v) is 5.31. The molecule has 0 bridgehead atoms. The fourth-order valence-corrected chi connectivity index (χ4v) is 3.51. The summed E-state index contributed by atoms with van der Waals surface area (Å²) in [6.07, 6.45) is 12.2. The predicted molar refractivity (Wildman–Crippen MR) is 152 cm³/mol. The van der Waals surface area contributed by atoms with Gasteiger partial charge in [0, 0.05) is 72.8 Å². The molecule has 0 saturated heterocycles. The molecule has 0 atom stereocenters. The van der Waals surface area contributed by atoms with E-state index in [4.69, 9.17) is 19.2 Å². The van der Waals surface area contributed by atoms with Crippen molar-refractivity contribution in [3.05, 3.63) is 183 Å². The van der Waals surface area contributed by atoms with E-state index >= 15 is 0 Å². The highest BCUT2D eigenvalue weighted by Crippen LogP contribution is 2.03. The van der Waals surface area contributed by atoms with Crippen molar-refractivity contribution >= 4 is 7.82 Å². The van der Waals surface area contributed by atoms with E-state index in [1.165, 1.54) is 17.1 Å². The normalized spacial score (nSPS) is 9.93. The molecule has 0 amide bonds. The number of phosphoric acid groups is 1. The molecule has 6 rings (SSSR count). The van der Waals surface area contributed by atoms with Gasteiger partial charge in [0.25, 0.3) is 0 Å². The molecule has 0 unspecified atom stereocenters. The van der Waals surface area contributed by atoms with Crippen LogP contribution in [-0.4, -0.2) is 0 Å². The van der Waals surface area contributed by atoms with Crippen molar-refractivity contribution in [2.45, 2.75) is 0 Å². The summed E-state index contributed by atoms with van der Waals surface area (Å²) >= 11 is 0. The van der Waals surface area contributed by atoms with Crippen LogP contribution in [0, 0.1) is 0 Å². The van der Waals surface area contributed by atoms with Crippen LogP contribution in [0.5, 0.6) is 0 Å². The van der Waals surface area contributed by atoms with Gasteiger partial charge < -0.3 is 19.2 Å². The van der Waals surface area contributed by atoms with Gasteiger partial charge in [-0.15, -0.1) is 0 Å². The zero-order valence-electron chi connectivity index (χ0n) is 22.2. The van der Waals surface area contributed by atoms with Gasteiger partial charge in [0.1, 0.15) is 0 Å². The summed E-state index contributed by atoms with van der Waals surface area (Å²) in [5.74, 6) is 0. The van der Waals surface area contributed by atoms with Crippen LogP contribution in [0.3, 0.4) is 0 Å². The Morgan fingerprint density at radius 1 is 0.341 bits per heavy atom. The summed E-state index contributed by atoms with van der Waals surface area (Å²) in [7, 11) is -5.39. The van der Waals surface area contributed by atoms with Gasteiger partial charge in [0.2, 0.25) is 17.1 Å². The van der Waals surface area contributed by atoms with Gasteiger partial charge in [-0.2, -0.15) is 21.5 Å². The number of benzene rings is 3. The summed E-state index contributed by atoms with van der Waals surface area (Å²) in [5.41, 5.74) is 3.58. The van der Waals surface area contributed by atoms with Crippen molar-refractivity contribution < 1.29 is 32.9 Å². The van der Waals surface area contributed by atoms with Crippen molar-refractivity contribution in [3.8, 4) is 17.1 Å². The summed E-state index contributed by atoms with van der Waals surface area (Å²) < 4.78 is 14.8. The minimum Gasteiger partial charge on any atom is -0.822 e. The van der Waals surface area contributed by atoms with E-state index in [0.717, 1.165) is 0 Å². The molecule has 0 N–H and O–H groups in total. The summed E-state index contributed by atoms with van der Waals surface area (Å²) in [6, 6.07) is 48.9. The lowest BCUT2D eigenvalue weighted by molar-refractivity contribution is -0.596. The molecule has 0 aliphatic carbocycles. The highest BCUT2D eigenvalue weighted by atomic mass is 31.2. The highest BCUT2D eigenvalue weighted by molar-refractivity contribution is 7.40. The van der Waals surface area contributed by atoms with Crippen molar-refractivity contribution in [2.24, 2.45) is 0 Å². The second-order valence-electron chi connectivity index (χ2n) is 8.30. The summed E-state index contributed by atoms with van der Waals surface area (Å²) in [4.78, 5) is 25.6. The quantitative estimate of drug-likeness (QED) is 0.244.